The predicted octanol–water partition coefficient (Wildman–Crippen LogP) is 3.54. The van der Waals surface area contributed by atoms with Gasteiger partial charge >= 0.3 is 0 Å². The van der Waals surface area contributed by atoms with Crippen molar-refractivity contribution < 1.29 is 18.3 Å². The van der Waals surface area contributed by atoms with Gasteiger partial charge in [0.2, 0.25) is 10.0 Å². The standard InChI is InChI=1S/C24H32N4O4S/c1-16(2)15-33(30,31)28-19-5-3-4-18(12-19)23(29)14-25-10-11-32-20-8-9-21-22(13-20)26-27-24(21)17-6-7-17/h3-5,8-9,12-13,16-17,23,25,28-29H,6-7,10-11,14-15H2,1-2H3,(H,26,27)/t23-/m0/s1. The molecule has 0 spiro atoms. The minimum atomic E-state index is -3.41. The fourth-order valence-electron chi connectivity index (χ4n) is 3.84. The van der Waals surface area contributed by atoms with Crippen molar-refractivity contribution in [1.82, 2.24) is 15.5 Å². The Morgan fingerprint density at radius 1 is 1.21 bits per heavy atom. The summed E-state index contributed by atoms with van der Waals surface area (Å²) in [6.45, 7) is 5.06. The van der Waals surface area contributed by atoms with E-state index < -0.39 is 16.1 Å². The van der Waals surface area contributed by atoms with E-state index in [1.807, 2.05) is 26.0 Å². The number of aliphatic hydroxyl groups is 1. The Hall–Kier alpha value is -2.62. The van der Waals surface area contributed by atoms with E-state index in [0.29, 0.717) is 36.9 Å². The zero-order valence-corrected chi connectivity index (χ0v) is 19.9. The van der Waals surface area contributed by atoms with Crippen LogP contribution in [0.3, 0.4) is 0 Å². The molecular formula is C24H32N4O4S. The van der Waals surface area contributed by atoms with Crippen molar-refractivity contribution in [2.24, 2.45) is 5.92 Å². The normalized spacial score (nSPS) is 15.2. The molecule has 1 saturated carbocycles. The molecule has 2 aromatic carbocycles. The molecule has 178 valence electrons. The van der Waals surface area contributed by atoms with Crippen LogP contribution in [0.5, 0.6) is 5.75 Å². The van der Waals surface area contributed by atoms with Gasteiger partial charge in [-0.15, -0.1) is 0 Å². The van der Waals surface area contributed by atoms with Gasteiger partial charge in [0.05, 0.1) is 23.1 Å². The molecule has 1 aromatic heterocycles. The summed E-state index contributed by atoms with van der Waals surface area (Å²) >= 11 is 0. The third-order valence-electron chi connectivity index (χ3n) is 5.51. The first-order valence-electron chi connectivity index (χ1n) is 11.4. The number of benzene rings is 2. The number of aliphatic hydroxyl groups excluding tert-OH is 1. The summed E-state index contributed by atoms with van der Waals surface area (Å²) in [7, 11) is -3.41. The average molecular weight is 473 g/mol. The number of rotatable bonds is 12. The maximum Gasteiger partial charge on any atom is 0.232 e. The first-order valence-corrected chi connectivity index (χ1v) is 13.1. The quantitative estimate of drug-likeness (QED) is 0.300. The topological polar surface area (TPSA) is 116 Å². The van der Waals surface area contributed by atoms with Gasteiger partial charge in [0.15, 0.2) is 0 Å². The summed E-state index contributed by atoms with van der Waals surface area (Å²) < 4.78 is 32.7. The molecule has 1 aliphatic carbocycles. The van der Waals surface area contributed by atoms with E-state index in [1.165, 1.54) is 18.2 Å². The molecule has 0 bridgehead atoms. The summed E-state index contributed by atoms with van der Waals surface area (Å²) in [6, 6.07) is 12.8. The van der Waals surface area contributed by atoms with Gasteiger partial charge < -0.3 is 15.2 Å². The average Bonchev–Trinajstić information content (AvgIpc) is 3.51. The molecule has 1 heterocycles. The number of ether oxygens (including phenoxy) is 1. The van der Waals surface area contributed by atoms with Gasteiger partial charge in [0.1, 0.15) is 12.4 Å². The molecule has 0 amide bonds. The maximum absolute atomic E-state index is 12.2. The molecule has 4 rings (SSSR count). The van der Waals surface area contributed by atoms with Crippen molar-refractivity contribution in [3.63, 3.8) is 0 Å². The highest BCUT2D eigenvalue weighted by Gasteiger charge is 2.27. The molecule has 8 nitrogen and oxygen atoms in total. The Bertz CT molecular complexity index is 1190. The van der Waals surface area contributed by atoms with Crippen LogP contribution in [0.4, 0.5) is 5.69 Å². The van der Waals surface area contributed by atoms with Gasteiger partial charge in [-0.3, -0.25) is 9.82 Å². The van der Waals surface area contributed by atoms with Gasteiger partial charge in [0, 0.05) is 36.1 Å². The number of aromatic nitrogens is 2. The summed E-state index contributed by atoms with van der Waals surface area (Å²) in [5.41, 5.74) is 3.24. The fourth-order valence-corrected chi connectivity index (χ4v) is 5.29. The number of sulfonamides is 1. The summed E-state index contributed by atoms with van der Waals surface area (Å²) in [6.07, 6.45) is 1.67. The minimum absolute atomic E-state index is 0.0318. The van der Waals surface area contributed by atoms with Crippen molar-refractivity contribution >= 4 is 26.6 Å². The molecule has 0 radical (unpaired) electrons. The second-order valence-electron chi connectivity index (χ2n) is 9.06. The number of H-pyrrole nitrogens is 1. The first kappa shape index (κ1) is 23.5. The van der Waals surface area contributed by atoms with E-state index in [4.69, 9.17) is 4.74 Å². The minimum Gasteiger partial charge on any atom is -0.492 e. The van der Waals surface area contributed by atoms with Crippen molar-refractivity contribution in [2.45, 2.75) is 38.7 Å². The third kappa shape index (κ3) is 6.46. The summed E-state index contributed by atoms with van der Waals surface area (Å²) in [4.78, 5) is 0. The van der Waals surface area contributed by atoms with Crippen LogP contribution in [0.25, 0.3) is 10.9 Å². The zero-order valence-electron chi connectivity index (χ0n) is 19.0. The molecule has 1 fully saturated rings. The van der Waals surface area contributed by atoms with E-state index in [-0.39, 0.29) is 11.7 Å². The fraction of sp³-hybridized carbons (Fsp3) is 0.458. The highest BCUT2D eigenvalue weighted by atomic mass is 32.2. The van der Waals surface area contributed by atoms with E-state index >= 15 is 0 Å². The van der Waals surface area contributed by atoms with Crippen molar-refractivity contribution in [1.29, 1.82) is 0 Å². The second-order valence-corrected chi connectivity index (χ2v) is 10.8. The number of nitrogens with zero attached hydrogens (tertiary/aromatic N) is 1. The molecular weight excluding hydrogens is 440 g/mol. The molecule has 4 N–H and O–H groups in total. The molecule has 1 atom stereocenters. The van der Waals surface area contributed by atoms with Gasteiger partial charge in [-0.1, -0.05) is 26.0 Å². The highest BCUT2D eigenvalue weighted by molar-refractivity contribution is 7.92. The number of anilines is 1. The lowest BCUT2D eigenvalue weighted by atomic mass is 10.1. The Balaban J connectivity index is 1.22. The van der Waals surface area contributed by atoms with Crippen LogP contribution in [-0.2, 0) is 10.0 Å². The number of fused-ring (bicyclic) bond motifs is 1. The van der Waals surface area contributed by atoms with E-state index in [1.54, 1.807) is 24.3 Å². The van der Waals surface area contributed by atoms with Crippen LogP contribution < -0.4 is 14.8 Å². The van der Waals surface area contributed by atoms with E-state index in [0.717, 1.165) is 17.0 Å². The SMILES string of the molecule is CC(C)CS(=O)(=O)Nc1cccc([C@@H](O)CNCCOc2ccc3c(C4CC4)n[nH]c3c2)c1. The van der Waals surface area contributed by atoms with Gasteiger partial charge in [-0.2, -0.15) is 5.10 Å². The Labute approximate surface area is 194 Å². The van der Waals surface area contributed by atoms with Crippen LogP contribution in [0.1, 0.15) is 50.0 Å². The number of nitrogens with one attached hydrogen (secondary N) is 3. The van der Waals surface area contributed by atoms with Crippen LogP contribution in [0.15, 0.2) is 42.5 Å². The zero-order chi connectivity index (χ0) is 23.4. The summed E-state index contributed by atoms with van der Waals surface area (Å²) in [5.74, 6) is 1.46. The monoisotopic (exact) mass is 472 g/mol. The van der Waals surface area contributed by atoms with Crippen LogP contribution in [0.2, 0.25) is 0 Å². The van der Waals surface area contributed by atoms with Crippen LogP contribution in [0, 0.1) is 5.92 Å². The molecule has 9 heteroatoms. The largest absolute Gasteiger partial charge is 0.492 e. The van der Waals surface area contributed by atoms with Crippen molar-refractivity contribution in [2.75, 3.05) is 30.2 Å². The van der Waals surface area contributed by atoms with Gasteiger partial charge in [-0.25, -0.2) is 8.42 Å². The van der Waals surface area contributed by atoms with Crippen molar-refractivity contribution in [3.8, 4) is 5.75 Å². The van der Waals surface area contributed by atoms with Crippen molar-refractivity contribution in [3.05, 3.63) is 53.7 Å². The van der Waals surface area contributed by atoms with E-state index in [2.05, 4.69) is 26.3 Å². The number of hydrogen-bond donors (Lipinski definition) is 4. The van der Waals surface area contributed by atoms with Gasteiger partial charge in [-0.05, 0) is 48.6 Å². The summed E-state index contributed by atoms with van der Waals surface area (Å²) in [5, 5.41) is 22.4. The van der Waals surface area contributed by atoms with E-state index in [9.17, 15) is 13.5 Å². The Kier molecular flexibility index (Phi) is 7.21. The first-order chi connectivity index (χ1) is 15.8. The number of hydrogen-bond acceptors (Lipinski definition) is 6. The maximum atomic E-state index is 12.2. The second kappa shape index (κ2) is 10.1. The molecule has 0 unspecified atom stereocenters. The smallest absolute Gasteiger partial charge is 0.232 e. The third-order valence-corrected chi connectivity index (χ3v) is 7.16. The van der Waals surface area contributed by atoms with Gasteiger partial charge in [0.25, 0.3) is 0 Å². The molecule has 0 saturated heterocycles. The highest BCUT2D eigenvalue weighted by Crippen LogP contribution is 2.42. The molecule has 3 aromatic rings. The lowest BCUT2D eigenvalue weighted by Gasteiger charge is -2.15. The molecule has 0 aliphatic heterocycles. The van der Waals surface area contributed by atoms with Crippen LogP contribution in [-0.4, -0.2) is 49.2 Å². The number of aromatic amines is 1. The van der Waals surface area contributed by atoms with Crippen LogP contribution >= 0.6 is 0 Å². The lowest BCUT2D eigenvalue weighted by Crippen LogP contribution is -2.26. The predicted molar refractivity (Wildman–Crippen MR) is 130 cm³/mol. The molecule has 33 heavy (non-hydrogen) atoms. The Morgan fingerprint density at radius 3 is 2.79 bits per heavy atom. The molecule has 1 aliphatic rings. The Morgan fingerprint density at radius 2 is 2.03 bits per heavy atom. The lowest BCUT2D eigenvalue weighted by molar-refractivity contribution is 0.172.